The number of carbonyl (C=O) groups excluding carboxylic acids is 2. The van der Waals surface area contributed by atoms with Crippen molar-refractivity contribution in [2.45, 2.75) is 6.10 Å². The number of carbonyl (C=O) groups is 2. The molecule has 5 nitrogen and oxygen atoms in total. The van der Waals surface area contributed by atoms with Crippen molar-refractivity contribution in [1.82, 2.24) is 4.90 Å². The van der Waals surface area contributed by atoms with Crippen LogP contribution in [0, 0.1) is 0 Å². The van der Waals surface area contributed by atoms with Crippen LogP contribution in [-0.2, 0) is 9.59 Å². The van der Waals surface area contributed by atoms with Crippen molar-refractivity contribution in [2.75, 3.05) is 13.1 Å². The molecule has 1 saturated heterocycles. The van der Waals surface area contributed by atoms with E-state index >= 15 is 0 Å². The number of amides is 2. The second-order valence-corrected chi connectivity index (χ2v) is 2.20. The van der Waals surface area contributed by atoms with E-state index in [0.29, 0.717) is 0 Å². The van der Waals surface area contributed by atoms with E-state index in [9.17, 15) is 9.59 Å². The summed E-state index contributed by atoms with van der Waals surface area (Å²) in [6.07, 6.45) is -0.917. The average molecular weight is 144 g/mol. The number of likely N-dealkylation sites (tertiary alicyclic amines) is 1. The summed E-state index contributed by atoms with van der Waals surface area (Å²) in [5.41, 5.74) is 4.80. The summed E-state index contributed by atoms with van der Waals surface area (Å²) in [6.45, 7) is 0.137. The lowest BCUT2D eigenvalue weighted by molar-refractivity contribution is -0.157. The topological polar surface area (TPSA) is 83.6 Å². The molecule has 0 bridgehead atoms. The molecule has 10 heavy (non-hydrogen) atoms. The van der Waals surface area contributed by atoms with Crippen LogP contribution in [0.3, 0.4) is 0 Å². The number of nitrogens with zero attached hydrogens (tertiary/aromatic N) is 1. The number of rotatable bonds is 2. The zero-order valence-corrected chi connectivity index (χ0v) is 5.28. The van der Waals surface area contributed by atoms with Gasteiger partial charge in [0.15, 0.2) is 0 Å². The van der Waals surface area contributed by atoms with Crippen LogP contribution in [0.2, 0.25) is 0 Å². The van der Waals surface area contributed by atoms with E-state index in [1.807, 2.05) is 0 Å². The van der Waals surface area contributed by atoms with Crippen LogP contribution in [0.15, 0.2) is 0 Å². The number of β-lactam (4-membered cyclic amide) rings is 1. The van der Waals surface area contributed by atoms with Gasteiger partial charge in [0.05, 0.1) is 13.1 Å². The van der Waals surface area contributed by atoms with E-state index in [4.69, 9.17) is 10.8 Å². The Labute approximate surface area is 57.4 Å². The summed E-state index contributed by atoms with van der Waals surface area (Å²) in [5.74, 6) is -0.973. The first-order valence-corrected chi connectivity index (χ1v) is 2.86. The standard InChI is InChI=1S/C5H8N2O3/c6-4(9)2-7-1-3(8)5(7)10/h3,8H,1-2H2,(H2,6,9). The third-order valence-corrected chi connectivity index (χ3v) is 1.34. The molecule has 0 radical (unpaired) electrons. The molecule has 0 aromatic rings. The first-order chi connectivity index (χ1) is 4.61. The largest absolute Gasteiger partial charge is 0.381 e. The monoisotopic (exact) mass is 144 g/mol. The van der Waals surface area contributed by atoms with E-state index in [2.05, 4.69) is 0 Å². The summed E-state index contributed by atoms with van der Waals surface area (Å²) < 4.78 is 0. The molecule has 0 aliphatic carbocycles. The lowest BCUT2D eigenvalue weighted by Gasteiger charge is -2.33. The smallest absolute Gasteiger partial charge is 0.253 e. The van der Waals surface area contributed by atoms with Crippen molar-refractivity contribution in [1.29, 1.82) is 0 Å². The molecule has 0 saturated carbocycles. The van der Waals surface area contributed by atoms with E-state index in [1.165, 1.54) is 4.90 Å². The molecule has 0 aromatic heterocycles. The van der Waals surface area contributed by atoms with Crippen molar-refractivity contribution >= 4 is 11.8 Å². The lowest BCUT2D eigenvalue weighted by atomic mass is 10.1. The van der Waals surface area contributed by atoms with Crippen LogP contribution in [0.4, 0.5) is 0 Å². The molecule has 1 unspecified atom stereocenters. The summed E-state index contributed by atoms with van der Waals surface area (Å²) in [4.78, 5) is 22.0. The fraction of sp³-hybridized carbons (Fsp3) is 0.600. The minimum absolute atomic E-state index is 0.0874. The maximum absolute atomic E-state index is 10.6. The fourth-order valence-electron chi connectivity index (χ4n) is 0.806. The molecule has 1 aliphatic rings. The molecule has 3 N–H and O–H groups in total. The van der Waals surface area contributed by atoms with E-state index in [0.717, 1.165) is 0 Å². The molecule has 0 spiro atoms. The Kier molecular flexibility index (Phi) is 1.58. The zero-order chi connectivity index (χ0) is 7.72. The average Bonchev–Trinajstić information content (AvgIpc) is 1.86. The number of β-amino-alcohol motifs (C(OH)–C–C–N with tert-alkyl or cyclic N) is 1. The van der Waals surface area contributed by atoms with Crippen molar-refractivity contribution in [3.8, 4) is 0 Å². The second-order valence-electron chi connectivity index (χ2n) is 2.20. The zero-order valence-electron chi connectivity index (χ0n) is 5.28. The number of hydrogen-bond acceptors (Lipinski definition) is 3. The number of hydrogen-bond donors (Lipinski definition) is 2. The molecule has 0 aromatic carbocycles. The SMILES string of the molecule is NC(=O)CN1CC(O)C1=O. The molecule has 56 valence electrons. The van der Waals surface area contributed by atoms with Gasteiger partial charge in [-0.3, -0.25) is 9.59 Å². The Morgan fingerprint density at radius 3 is 2.80 bits per heavy atom. The van der Waals surface area contributed by atoms with Crippen LogP contribution in [0.25, 0.3) is 0 Å². The second kappa shape index (κ2) is 2.26. The van der Waals surface area contributed by atoms with Gasteiger partial charge in [-0.2, -0.15) is 0 Å². The molecule has 1 fully saturated rings. The van der Waals surface area contributed by atoms with Gasteiger partial charge in [0.1, 0.15) is 6.10 Å². The summed E-state index contributed by atoms with van der Waals surface area (Å²) >= 11 is 0. The normalized spacial score (nSPS) is 24.3. The Bertz CT molecular complexity index is 180. The number of primary amides is 1. The quantitative estimate of drug-likeness (QED) is 0.426. The Morgan fingerprint density at radius 2 is 2.50 bits per heavy atom. The lowest BCUT2D eigenvalue weighted by Crippen LogP contribution is -2.58. The van der Waals surface area contributed by atoms with Gasteiger partial charge >= 0.3 is 0 Å². The fourth-order valence-corrected chi connectivity index (χ4v) is 0.806. The maximum Gasteiger partial charge on any atom is 0.253 e. The Morgan fingerprint density at radius 1 is 1.90 bits per heavy atom. The van der Waals surface area contributed by atoms with Gasteiger partial charge in [0.2, 0.25) is 5.91 Å². The summed E-state index contributed by atoms with van der Waals surface area (Å²) in [6, 6.07) is 0. The molecular formula is C5H8N2O3. The number of aliphatic hydroxyl groups excluding tert-OH is 1. The molecule has 1 heterocycles. The van der Waals surface area contributed by atoms with Gasteiger partial charge in [0.25, 0.3) is 5.91 Å². The molecule has 1 rings (SSSR count). The van der Waals surface area contributed by atoms with Crippen LogP contribution in [0.5, 0.6) is 0 Å². The van der Waals surface area contributed by atoms with E-state index in [1.54, 1.807) is 0 Å². The van der Waals surface area contributed by atoms with Gasteiger partial charge in [0, 0.05) is 0 Å². The van der Waals surface area contributed by atoms with Crippen molar-refractivity contribution in [2.24, 2.45) is 5.73 Å². The summed E-state index contributed by atoms with van der Waals surface area (Å²) in [5, 5.41) is 8.66. The highest BCUT2D eigenvalue weighted by atomic mass is 16.3. The van der Waals surface area contributed by atoms with Crippen molar-refractivity contribution < 1.29 is 14.7 Å². The Balaban J connectivity index is 2.34. The third kappa shape index (κ3) is 1.08. The summed E-state index contributed by atoms with van der Waals surface area (Å²) in [7, 11) is 0. The first-order valence-electron chi connectivity index (χ1n) is 2.86. The van der Waals surface area contributed by atoms with Crippen LogP contribution >= 0.6 is 0 Å². The number of nitrogens with two attached hydrogens (primary N) is 1. The highest BCUT2D eigenvalue weighted by Crippen LogP contribution is 2.07. The minimum Gasteiger partial charge on any atom is -0.381 e. The predicted molar refractivity (Wildman–Crippen MR) is 31.8 cm³/mol. The van der Waals surface area contributed by atoms with E-state index in [-0.39, 0.29) is 13.1 Å². The molecule has 2 amide bonds. The molecular weight excluding hydrogens is 136 g/mol. The Hall–Kier alpha value is -1.10. The molecule has 5 heteroatoms. The van der Waals surface area contributed by atoms with Crippen molar-refractivity contribution in [3.05, 3.63) is 0 Å². The van der Waals surface area contributed by atoms with Gasteiger partial charge < -0.3 is 15.7 Å². The molecule has 1 aliphatic heterocycles. The van der Waals surface area contributed by atoms with Gasteiger partial charge in [-0.15, -0.1) is 0 Å². The van der Waals surface area contributed by atoms with Crippen LogP contribution < -0.4 is 5.73 Å². The van der Waals surface area contributed by atoms with Gasteiger partial charge in [-0.25, -0.2) is 0 Å². The minimum atomic E-state index is -0.917. The van der Waals surface area contributed by atoms with Crippen LogP contribution in [-0.4, -0.2) is 41.0 Å². The van der Waals surface area contributed by atoms with E-state index < -0.39 is 17.9 Å². The van der Waals surface area contributed by atoms with Crippen molar-refractivity contribution in [3.63, 3.8) is 0 Å². The number of aliphatic hydroxyl groups is 1. The van der Waals surface area contributed by atoms with Crippen LogP contribution in [0.1, 0.15) is 0 Å². The van der Waals surface area contributed by atoms with Gasteiger partial charge in [-0.05, 0) is 0 Å². The maximum atomic E-state index is 10.6. The first kappa shape index (κ1) is 7.01. The highest BCUT2D eigenvalue weighted by molar-refractivity contribution is 5.90. The van der Waals surface area contributed by atoms with Gasteiger partial charge in [-0.1, -0.05) is 0 Å². The molecule has 1 atom stereocenters. The highest BCUT2D eigenvalue weighted by Gasteiger charge is 2.35. The predicted octanol–water partition coefficient (Wildman–Crippen LogP) is -2.33. The third-order valence-electron chi connectivity index (χ3n) is 1.34.